The molecule has 0 atom stereocenters. The highest BCUT2D eigenvalue weighted by Gasteiger charge is 2.13. The summed E-state index contributed by atoms with van der Waals surface area (Å²) >= 11 is 0. The second kappa shape index (κ2) is 3.77. The summed E-state index contributed by atoms with van der Waals surface area (Å²) < 4.78 is 2.06. The van der Waals surface area contributed by atoms with Gasteiger partial charge in [-0.1, -0.05) is 20.8 Å². The van der Waals surface area contributed by atoms with Crippen LogP contribution >= 0.6 is 0 Å². The van der Waals surface area contributed by atoms with Gasteiger partial charge in [0.1, 0.15) is 5.52 Å². The number of aryl methyl sites for hydroxylation is 1. The number of anilines is 1. The molecule has 0 spiro atoms. The maximum atomic E-state index is 5.91. The Bertz CT molecular complexity index is 493. The minimum absolute atomic E-state index is 0.302. The Kier molecular flexibility index (Phi) is 2.58. The van der Waals surface area contributed by atoms with Gasteiger partial charge in [-0.05, 0) is 17.9 Å². The molecule has 0 radical (unpaired) electrons. The molecule has 16 heavy (non-hydrogen) atoms. The Labute approximate surface area is 95.5 Å². The molecule has 0 saturated carbocycles. The van der Waals surface area contributed by atoms with Crippen LogP contribution < -0.4 is 5.73 Å². The number of nitrogens with zero attached hydrogens (tertiary/aromatic N) is 3. The third kappa shape index (κ3) is 2.15. The van der Waals surface area contributed by atoms with Crippen molar-refractivity contribution in [2.45, 2.75) is 33.7 Å². The number of hydrogen-bond donors (Lipinski definition) is 1. The van der Waals surface area contributed by atoms with Crippen LogP contribution in [0.1, 0.15) is 27.2 Å². The standard InChI is InChI=1S/C12H18N4/c1-12(2,3)5-7-16-10-4-6-14-8-9(10)15-11(16)13/h4,6,8H,5,7H2,1-3H3,(H2,13,15). The molecule has 2 rings (SSSR count). The molecule has 2 aromatic rings. The van der Waals surface area contributed by atoms with Crippen molar-refractivity contribution in [3.05, 3.63) is 18.5 Å². The van der Waals surface area contributed by atoms with E-state index in [4.69, 9.17) is 5.73 Å². The molecule has 0 saturated heterocycles. The fourth-order valence-corrected chi connectivity index (χ4v) is 1.68. The molecule has 2 aromatic heterocycles. The van der Waals surface area contributed by atoms with Gasteiger partial charge in [0.15, 0.2) is 0 Å². The normalized spacial score (nSPS) is 12.2. The molecule has 4 heteroatoms. The maximum absolute atomic E-state index is 5.91. The lowest BCUT2D eigenvalue weighted by molar-refractivity contribution is 0.354. The Morgan fingerprint density at radius 2 is 2.12 bits per heavy atom. The average Bonchev–Trinajstić information content (AvgIpc) is 2.49. The summed E-state index contributed by atoms with van der Waals surface area (Å²) in [5.41, 5.74) is 8.14. The zero-order valence-corrected chi connectivity index (χ0v) is 10.1. The highest BCUT2D eigenvalue weighted by Crippen LogP contribution is 2.23. The second-order valence-electron chi connectivity index (χ2n) is 5.30. The van der Waals surface area contributed by atoms with Crippen molar-refractivity contribution >= 4 is 17.0 Å². The van der Waals surface area contributed by atoms with Gasteiger partial charge in [0.25, 0.3) is 0 Å². The van der Waals surface area contributed by atoms with Gasteiger partial charge in [0, 0.05) is 12.7 Å². The molecular formula is C12H18N4. The van der Waals surface area contributed by atoms with Crippen LogP contribution in [0.5, 0.6) is 0 Å². The van der Waals surface area contributed by atoms with E-state index in [1.54, 1.807) is 12.4 Å². The number of nitrogen functional groups attached to an aromatic ring is 1. The molecule has 2 heterocycles. The van der Waals surface area contributed by atoms with E-state index in [-0.39, 0.29) is 0 Å². The number of imidazole rings is 1. The summed E-state index contributed by atoms with van der Waals surface area (Å²) in [7, 11) is 0. The van der Waals surface area contributed by atoms with Gasteiger partial charge >= 0.3 is 0 Å². The number of aromatic nitrogens is 3. The van der Waals surface area contributed by atoms with Crippen LogP contribution in [-0.4, -0.2) is 14.5 Å². The van der Waals surface area contributed by atoms with Crippen molar-refractivity contribution in [1.82, 2.24) is 14.5 Å². The molecule has 0 aliphatic carbocycles. The van der Waals surface area contributed by atoms with Gasteiger partial charge in [-0.15, -0.1) is 0 Å². The number of rotatable bonds is 2. The first-order valence-electron chi connectivity index (χ1n) is 5.53. The van der Waals surface area contributed by atoms with E-state index >= 15 is 0 Å². The smallest absolute Gasteiger partial charge is 0.201 e. The summed E-state index contributed by atoms with van der Waals surface area (Å²) in [5.74, 6) is 0.576. The van der Waals surface area contributed by atoms with E-state index in [0.717, 1.165) is 24.0 Å². The van der Waals surface area contributed by atoms with Gasteiger partial charge in [-0.3, -0.25) is 4.98 Å². The van der Waals surface area contributed by atoms with Crippen molar-refractivity contribution in [3.8, 4) is 0 Å². The van der Waals surface area contributed by atoms with Crippen LogP contribution in [0, 0.1) is 5.41 Å². The van der Waals surface area contributed by atoms with Crippen LogP contribution in [-0.2, 0) is 6.54 Å². The molecule has 2 N–H and O–H groups in total. The van der Waals surface area contributed by atoms with Crippen molar-refractivity contribution in [2.75, 3.05) is 5.73 Å². The fraction of sp³-hybridized carbons (Fsp3) is 0.500. The predicted molar refractivity (Wildman–Crippen MR) is 66.0 cm³/mol. The van der Waals surface area contributed by atoms with Crippen molar-refractivity contribution in [3.63, 3.8) is 0 Å². The van der Waals surface area contributed by atoms with E-state index in [9.17, 15) is 0 Å². The van der Waals surface area contributed by atoms with Gasteiger partial charge in [0.05, 0.1) is 11.7 Å². The highest BCUT2D eigenvalue weighted by molar-refractivity contribution is 5.76. The molecule has 86 valence electrons. The lowest BCUT2D eigenvalue weighted by atomic mass is 9.92. The Balaban J connectivity index is 2.33. The molecule has 0 amide bonds. The lowest BCUT2D eigenvalue weighted by Crippen LogP contribution is -2.12. The topological polar surface area (TPSA) is 56.7 Å². The Morgan fingerprint density at radius 1 is 1.38 bits per heavy atom. The molecule has 0 aliphatic rings. The quantitative estimate of drug-likeness (QED) is 0.842. The summed E-state index contributed by atoms with van der Waals surface area (Å²) in [6.07, 6.45) is 4.60. The lowest BCUT2D eigenvalue weighted by Gasteiger charge is -2.18. The maximum Gasteiger partial charge on any atom is 0.201 e. The van der Waals surface area contributed by atoms with Crippen LogP contribution in [0.25, 0.3) is 11.0 Å². The van der Waals surface area contributed by atoms with Crippen molar-refractivity contribution in [2.24, 2.45) is 5.41 Å². The monoisotopic (exact) mass is 218 g/mol. The summed E-state index contributed by atoms with van der Waals surface area (Å²) in [5, 5.41) is 0. The van der Waals surface area contributed by atoms with Gasteiger partial charge in [-0.25, -0.2) is 4.98 Å². The number of pyridine rings is 1. The molecule has 0 aliphatic heterocycles. The van der Waals surface area contributed by atoms with E-state index in [1.807, 2.05) is 6.07 Å². The second-order valence-corrected chi connectivity index (χ2v) is 5.30. The minimum Gasteiger partial charge on any atom is -0.369 e. The summed E-state index contributed by atoms with van der Waals surface area (Å²) in [6, 6.07) is 1.96. The highest BCUT2D eigenvalue weighted by atomic mass is 15.2. The van der Waals surface area contributed by atoms with Gasteiger partial charge < -0.3 is 10.3 Å². The average molecular weight is 218 g/mol. The molecule has 0 unspecified atom stereocenters. The van der Waals surface area contributed by atoms with Crippen molar-refractivity contribution in [1.29, 1.82) is 0 Å². The first-order chi connectivity index (χ1) is 7.47. The molecule has 0 bridgehead atoms. The zero-order chi connectivity index (χ0) is 11.8. The van der Waals surface area contributed by atoms with Crippen LogP contribution in [0.15, 0.2) is 18.5 Å². The first-order valence-corrected chi connectivity index (χ1v) is 5.53. The zero-order valence-electron chi connectivity index (χ0n) is 10.1. The summed E-state index contributed by atoms with van der Waals surface area (Å²) in [4.78, 5) is 8.34. The third-order valence-electron chi connectivity index (χ3n) is 2.67. The molecule has 4 nitrogen and oxygen atoms in total. The Morgan fingerprint density at radius 3 is 2.81 bits per heavy atom. The third-order valence-corrected chi connectivity index (χ3v) is 2.67. The van der Waals surface area contributed by atoms with Gasteiger partial charge in [0.2, 0.25) is 5.95 Å². The van der Waals surface area contributed by atoms with Crippen LogP contribution in [0.2, 0.25) is 0 Å². The fourth-order valence-electron chi connectivity index (χ4n) is 1.68. The van der Waals surface area contributed by atoms with Gasteiger partial charge in [-0.2, -0.15) is 0 Å². The van der Waals surface area contributed by atoms with E-state index in [0.29, 0.717) is 11.4 Å². The molecule has 0 fully saturated rings. The minimum atomic E-state index is 0.302. The predicted octanol–water partition coefficient (Wildman–Crippen LogP) is 2.45. The number of hydrogen-bond acceptors (Lipinski definition) is 3. The Hall–Kier alpha value is -1.58. The van der Waals surface area contributed by atoms with E-state index in [2.05, 4.69) is 35.3 Å². The molecule has 0 aromatic carbocycles. The number of fused-ring (bicyclic) bond motifs is 1. The van der Waals surface area contributed by atoms with Crippen molar-refractivity contribution < 1.29 is 0 Å². The summed E-state index contributed by atoms with van der Waals surface area (Å²) in [6.45, 7) is 7.58. The SMILES string of the molecule is CC(C)(C)CCn1c(N)nc2cnccc21. The van der Waals surface area contributed by atoms with Crippen LogP contribution in [0.3, 0.4) is 0 Å². The largest absolute Gasteiger partial charge is 0.369 e. The number of nitrogens with two attached hydrogens (primary N) is 1. The first kappa shape index (κ1) is 10.9. The molecular weight excluding hydrogens is 200 g/mol. The van der Waals surface area contributed by atoms with Crippen LogP contribution in [0.4, 0.5) is 5.95 Å². The van der Waals surface area contributed by atoms with E-state index < -0.39 is 0 Å². The van der Waals surface area contributed by atoms with E-state index in [1.165, 1.54) is 0 Å².